The van der Waals surface area contributed by atoms with Gasteiger partial charge in [0.25, 0.3) is 10.0 Å². The number of sulfonamides is 1. The van der Waals surface area contributed by atoms with Crippen LogP contribution in [-0.4, -0.2) is 43.8 Å². The Morgan fingerprint density at radius 3 is 2.17 bits per heavy atom. The molecule has 41 heavy (non-hydrogen) atoms. The third-order valence-corrected chi connectivity index (χ3v) is 9.88. The summed E-state index contributed by atoms with van der Waals surface area (Å²) in [6, 6.07) is 18.8. The number of halogens is 3. The molecule has 0 aromatic heterocycles. The molecule has 1 N–H and O–H groups in total. The molecule has 0 spiro atoms. The molecular weight excluding hydrogens is 649 g/mol. The molecular formula is C30H32BrCl2N3O4S. The fourth-order valence-corrected chi connectivity index (χ4v) is 7.07. The van der Waals surface area contributed by atoms with E-state index in [0.29, 0.717) is 0 Å². The molecule has 3 aromatic rings. The number of amides is 2. The van der Waals surface area contributed by atoms with E-state index in [2.05, 4.69) is 21.2 Å². The van der Waals surface area contributed by atoms with Crippen LogP contribution in [0.3, 0.4) is 0 Å². The number of nitrogens with one attached hydrogen (secondary N) is 1. The lowest BCUT2D eigenvalue weighted by atomic mass is 9.95. The van der Waals surface area contributed by atoms with Crippen LogP contribution in [-0.2, 0) is 26.2 Å². The monoisotopic (exact) mass is 679 g/mol. The summed E-state index contributed by atoms with van der Waals surface area (Å²) in [4.78, 5) is 28.9. The van der Waals surface area contributed by atoms with Crippen LogP contribution in [0.4, 0.5) is 5.69 Å². The summed E-state index contributed by atoms with van der Waals surface area (Å²) in [5.74, 6) is -0.819. The fraction of sp³-hybridized carbons (Fsp3) is 0.333. The minimum atomic E-state index is -4.20. The number of nitrogens with zero attached hydrogens (tertiary/aromatic N) is 2. The summed E-state index contributed by atoms with van der Waals surface area (Å²) in [6.45, 7) is 1.22. The Hall–Kier alpha value is -2.59. The first kappa shape index (κ1) is 31.3. The Balaban J connectivity index is 1.68. The first-order valence-electron chi connectivity index (χ1n) is 13.4. The lowest BCUT2D eigenvalue weighted by molar-refractivity contribution is -0.139. The first-order valence-corrected chi connectivity index (χ1v) is 16.4. The number of benzene rings is 3. The van der Waals surface area contributed by atoms with Gasteiger partial charge in [0.05, 0.1) is 10.6 Å². The van der Waals surface area contributed by atoms with Crippen LogP contribution in [0.1, 0.15) is 44.6 Å². The van der Waals surface area contributed by atoms with Crippen molar-refractivity contribution < 1.29 is 18.0 Å². The standard InChI is InChI=1S/C30H32BrCl2N3O4S/c1-21(30(38)34-26-8-4-2-5-9-26)35(19-22-12-14-23(31)15-13-22)29(37)20-36(27-17-24(32)16-25(33)18-27)41(39,40)28-10-6-3-7-11-28/h3,6-7,10-18,21,26H,2,4-5,8-9,19-20H2,1H3,(H,34,38)/t21-/m0/s1. The SMILES string of the molecule is C[C@@H](C(=O)NC1CCCCC1)N(Cc1ccc(Br)cc1)C(=O)CN(c1cc(Cl)cc(Cl)c1)S(=O)(=O)c1ccccc1. The molecule has 1 aliphatic rings. The second kappa shape index (κ2) is 14.1. The highest BCUT2D eigenvalue weighted by Crippen LogP contribution is 2.30. The van der Waals surface area contributed by atoms with Gasteiger partial charge in [0.1, 0.15) is 12.6 Å². The van der Waals surface area contributed by atoms with Crippen LogP contribution >= 0.6 is 39.1 Å². The van der Waals surface area contributed by atoms with Gasteiger partial charge < -0.3 is 10.2 Å². The highest BCUT2D eigenvalue weighted by Gasteiger charge is 2.33. The van der Waals surface area contributed by atoms with Crippen molar-refractivity contribution in [1.82, 2.24) is 10.2 Å². The number of hydrogen-bond acceptors (Lipinski definition) is 4. The Labute approximate surface area is 260 Å². The zero-order chi connectivity index (χ0) is 29.6. The molecule has 1 fully saturated rings. The van der Waals surface area contributed by atoms with Gasteiger partial charge in [0.15, 0.2) is 0 Å². The van der Waals surface area contributed by atoms with Gasteiger partial charge in [-0.15, -0.1) is 0 Å². The molecule has 4 rings (SSSR count). The number of hydrogen-bond donors (Lipinski definition) is 1. The summed E-state index contributed by atoms with van der Waals surface area (Å²) in [7, 11) is -4.20. The first-order chi connectivity index (χ1) is 19.5. The number of anilines is 1. The predicted molar refractivity (Wildman–Crippen MR) is 167 cm³/mol. The van der Waals surface area contributed by atoms with E-state index < -0.39 is 28.5 Å². The van der Waals surface area contributed by atoms with Gasteiger partial charge in [-0.1, -0.05) is 88.7 Å². The highest BCUT2D eigenvalue weighted by atomic mass is 79.9. The number of rotatable bonds is 10. The van der Waals surface area contributed by atoms with Gasteiger partial charge in [-0.25, -0.2) is 8.42 Å². The van der Waals surface area contributed by atoms with Gasteiger partial charge in [0.2, 0.25) is 11.8 Å². The summed E-state index contributed by atoms with van der Waals surface area (Å²) >= 11 is 15.9. The predicted octanol–water partition coefficient (Wildman–Crippen LogP) is 6.82. The van der Waals surface area contributed by atoms with E-state index in [9.17, 15) is 18.0 Å². The second-order valence-corrected chi connectivity index (χ2v) is 13.8. The normalized spacial score (nSPS) is 14.7. The molecule has 0 heterocycles. The van der Waals surface area contributed by atoms with E-state index in [4.69, 9.17) is 23.2 Å². The molecule has 2 amide bonds. The van der Waals surface area contributed by atoms with Gasteiger partial charge >= 0.3 is 0 Å². The van der Waals surface area contributed by atoms with Crippen molar-refractivity contribution in [1.29, 1.82) is 0 Å². The van der Waals surface area contributed by atoms with Crippen molar-refractivity contribution in [3.63, 3.8) is 0 Å². The lowest BCUT2D eigenvalue weighted by Crippen LogP contribution is -2.53. The quantitative estimate of drug-likeness (QED) is 0.255. The van der Waals surface area contributed by atoms with Crippen LogP contribution in [0.2, 0.25) is 10.0 Å². The van der Waals surface area contributed by atoms with Gasteiger partial charge in [0, 0.05) is 27.1 Å². The minimum Gasteiger partial charge on any atom is -0.352 e. The van der Waals surface area contributed by atoms with Gasteiger partial charge in [-0.3, -0.25) is 13.9 Å². The maximum absolute atomic E-state index is 14.0. The molecule has 1 aliphatic carbocycles. The Morgan fingerprint density at radius 1 is 0.951 bits per heavy atom. The topological polar surface area (TPSA) is 86.8 Å². The number of carbonyl (C=O) groups excluding carboxylic acids is 2. The van der Waals surface area contributed by atoms with Crippen molar-refractivity contribution in [3.05, 3.63) is 92.9 Å². The smallest absolute Gasteiger partial charge is 0.264 e. The highest BCUT2D eigenvalue weighted by molar-refractivity contribution is 9.10. The Bertz CT molecular complexity index is 1450. The van der Waals surface area contributed by atoms with E-state index >= 15 is 0 Å². The maximum atomic E-state index is 14.0. The van der Waals surface area contributed by atoms with Crippen LogP contribution < -0.4 is 9.62 Å². The van der Waals surface area contributed by atoms with Gasteiger partial charge in [-0.2, -0.15) is 0 Å². The molecule has 0 saturated heterocycles. The van der Waals surface area contributed by atoms with E-state index in [1.54, 1.807) is 25.1 Å². The van der Waals surface area contributed by atoms with E-state index in [0.717, 1.165) is 46.4 Å². The summed E-state index contributed by atoms with van der Waals surface area (Å²) in [5, 5.41) is 3.54. The van der Waals surface area contributed by atoms with Crippen molar-refractivity contribution in [2.24, 2.45) is 0 Å². The average Bonchev–Trinajstić information content (AvgIpc) is 2.95. The van der Waals surface area contributed by atoms with E-state index in [-0.39, 0.29) is 39.1 Å². The van der Waals surface area contributed by atoms with Crippen LogP contribution in [0.15, 0.2) is 82.2 Å². The molecule has 1 saturated carbocycles. The molecule has 0 bridgehead atoms. The van der Waals surface area contributed by atoms with Gasteiger partial charge in [-0.05, 0) is 67.8 Å². The van der Waals surface area contributed by atoms with Crippen molar-refractivity contribution in [3.8, 4) is 0 Å². The molecule has 218 valence electrons. The average molecular weight is 681 g/mol. The number of carbonyl (C=O) groups is 2. The molecule has 0 aliphatic heterocycles. The van der Waals surface area contributed by atoms with Crippen LogP contribution in [0.25, 0.3) is 0 Å². The van der Waals surface area contributed by atoms with Crippen molar-refractivity contribution in [2.45, 2.75) is 62.6 Å². The molecule has 1 atom stereocenters. The van der Waals surface area contributed by atoms with Crippen LogP contribution in [0, 0.1) is 0 Å². The van der Waals surface area contributed by atoms with E-state index in [1.165, 1.54) is 35.2 Å². The summed E-state index contributed by atoms with van der Waals surface area (Å²) < 4.78 is 29.6. The van der Waals surface area contributed by atoms with E-state index in [1.807, 2.05) is 24.3 Å². The zero-order valence-corrected chi connectivity index (χ0v) is 26.5. The minimum absolute atomic E-state index is 0.00597. The Morgan fingerprint density at radius 2 is 1.56 bits per heavy atom. The third kappa shape index (κ3) is 8.25. The van der Waals surface area contributed by atoms with Crippen molar-refractivity contribution >= 4 is 66.7 Å². The second-order valence-electron chi connectivity index (χ2n) is 10.1. The molecule has 0 unspecified atom stereocenters. The Kier molecular flexibility index (Phi) is 10.7. The van der Waals surface area contributed by atoms with Crippen LogP contribution in [0.5, 0.6) is 0 Å². The van der Waals surface area contributed by atoms with Crippen molar-refractivity contribution in [2.75, 3.05) is 10.8 Å². The summed E-state index contributed by atoms with van der Waals surface area (Å²) in [5.41, 5.74) is 0.935. The molecule has 3 aromatic carbocycles. The molecule has 11 heteroatoms. The lowest BCUT2D eigenvalue weighted by Gasteiger charge is -2.33. The fourth-order valence-electron chi connectivity index (χ4n) is 4.87. The summed E-state index contributed by atoms with van der Waals surface area (Å²) in [6.07, 6.45) is 5.05. The largest absolute Gasteiger partial charge is 0.352 e. The molecule has 7 nitrogen and oxygen atoms in total. The third-order valence-electron chi connectivity index (χ3n) is 7.13. The maximum Gasteiger partial charge on any atom is 0.264 e. The molecule has 0 radical (unpaired) electrons. The zero-order valence-electron chi connectivity index (χ0n) is 22.6.